The molecule has 5 heteroatoms. The lowest BCUT2D eigenvalue weighted by atomic mass is 10.0. The van der Waals surface area contributed by atoms with Gasteiger partial charge in [-0.2, -0.15) is 0 Å². The number of hydrogen-bond donors (Lipinski definition) is 0. The molecule has 5 aliphatic rings. The first-order chi connectivity index (χ1) is 21.2. The second-order valence-electron chi connectivity index (χ2n) is 12.0. The molecular formula is C38H48N4O. The minimum absolute atomic E-state index is 0.705. The molecular weight excluding hydrogens is 528 g/mol. The van der Waals surface area contributed by atoms with Gasteiger partial charge in [0.1, 0.15) is 11.5 Å². The summed E-state index contributed by atoms with van der Waals surface area (Å²) >= 11 is 0. The van der Waals surface area contributed by atoms with Crippen molar-refractivity contribution in [2.24, 2.45) is 20.0 Å². The molecule has 0 atom stereocenters. The second-order valence-corrected chi connectivity index (χ2v) is 12.0. The van der Waals surface area contributed by atoms with Crippen LogP contribution in [0.4, 0.5) is 0 Å². The lowest BCUT2D eigenvalue weighted by molar-refractivity contribution is 0.213. The summed E-state index contributed by atoms with van der Waals surface area (Å²) in [6.45, 7) is 2.99. The van der Waals surface area contributed by atoms with E-state index < -0.39 is 0 Å². The zero-order chi connectivity index (χ0) is 29.5. The van der Waals surface area contributed by atoms with Crippen molar-refractivity contribution in [1.29, 1.82) is 0 Å². The molecule has 0 spiro atoms. The standard InChI is InChI=1S/C38H48N4O/c1-2-3-4-5-6-7-8-9-10-11-12-13-14-15-16-17-24-43-38-29-36-27-34-21-20-32(40-34)25-30-18-19-31(39-30)26-33-22-23-35(41-33)28-37(38)42-36/h18-23,25-29H,2-17,24H2,1H3. The Morgan fingerprint density at radius 1 is 0.419 bits per heavy atom. The van der Waals surface area contributed by atoms with Crippen molar-refractivity contribution >= 4 is 22.8 Å². The number of ether oxygens (including phenoxy) is 1. The van der Waals surface area contributed by atoms with E-state index in [4.69, 9.17) is 19.7 Å². The Labute approximate surface area is 258 Å². The molecule has 226 valence electrons. The zero-order valence-electron chi connectivity index (χ0n) is 26.1. The third-order valence-corrected chi connectivity index (χ3v) is 8.26. The Bertz CT molecular complexity index is 1370. The molecule has 5 heterocycles. The molecule has 0 aromatic carbocycles. The maximum atomic E-state index is 6.27. The average molecular weight is 577 g/mol. The highest BCUT2D eigenvalue weighted by molar-refractivity contribution is 6.15. The second kappa shape index (κ2) is 16.9. The van der Waals surface area contributed by atoms with Gasteiger partial charge in [-0.3, -0.25) is 0 Å². The molecule has 0 N–H and O–H groups in total. The third-order valence-electron chi connectivity index (χ3n) is 8.26. The normalized spacial score (nSPS) is 18.1. The van der Waals surface area contributed by atoms with Gasteiger partial charge >= 0.3 is 0 Å². The Balaban J connectivity index is 1.03. The predicted octanol–water partition coefficient (Wildman–Crippen LogP) is 10.2. The summed E-state index contributed by atoms with van der Waals surface area (Å²) < 4.78 is 6.27. The van der Waals surface area contributed by atoms with Crippen molar-refractivity contribution < 1.29 is 4.74 Å². The molecule has 5 aliphatic heterocycles. The minimum Gasteiger partial charge on any atom is -0.491 e. The monoisotopic (exact) mass is 576 g/mol. The van der Waals surface area contributed by atoms with E-state index in [1.54, 1.807) is 0 Å². The first-order valence-electron chi connectivity index (χ1n) is 16.9. The van der Waals surface area contributed by atoms with Crippen molar-refractivity contribution in [2.75, 3.05) is 6.61 Å². The van der Waals surface area contributed by atoms with E-state index >= 15 is 0 Å². The van der Waals surface area contributed by atoms with E-state index in [0.717, 1.165) is 57.8 Å². The SMILES string of the molecule is CCCCCCCCCCCCCCCCCCOC1=CC2=NC1=CC1=NC(=CC3=NC(=CC4=NC(=C2)C=C4)C=C3)C=C1. The summed E-state index contributed by atoms with van der Waals surface area (Å²) in [6.07, 6.45) is 43.9. The molecule has 0 aliphatic carbocycles. The minimum atomic E-state index is 0.705. The highest BCUT2D eigenvalue weighted by atomic mass is 16.5. The van der Waals surface area contributed by atoms with Crippen LogP contribution in [0.15, 0.2) is 115 Å². The Hall–Kier alpha value is -3.60. The number of aliphatic imine (C=N–C) groups is 4. The van der Waals surface area contributed by atoms with E-state index in [2.05, 4.69) is 11.9 Å². The maximum absolute atomic E-state index is 6.27. The van der Waals surface area contributed by atoms with Crippen LogP contribution >= 0.6 is 0 Å². The van der Waals surface area contributed by atoms with Crippen LogP contribution in [0.3, 0.4) is 0 Å². The lowest BCUT2D eigenvalue weighted by Crippen LogP contribution is -1.97. The summed E-state index contributed by atoms with van der Waals surface area (Å²) in [6, 6.07) is 0. The molecule has 5 nitrogen and oxygen atoms in total. The fourth-order valence-electron chi connectivity index (χ4n) is 5.82. The van der Waals surface area contributed by atoms with Gasteiger partial charge in [0, 0.05) is 6.08 Å². The number of fused-ring (bicyclic) bond motifs is 4. The molecule has 0 radical (unpaired) electrons. The smallest absolute Gasteiger partial charge is 0.147 e. The molecule has 0 saturated heterocycles. The van der Waals surface area contributed by atoms with Crippen LogP contribution in [0.1, 0.15) is 110 Å². The fourth-order valence-corrected chi connectivity index (χ4v) is 5.82. The third kappa shape index (κ3) is 10.3. The molecule has 0 aromatic rings. The number of nitrogens with zero attached hydrogens (tertiary/aromatic N) is 4. The highest BCUT2D eigenvalue weighted by Gasteiger charge is 2.18. The van der Waals surface area contributed by atoms with Gasteiger partial charge in [0.25, 0.3) is 0 Å². The van der Waals surface area contributed by atoms with Gasteiger partial charge < -0.3 is 4.74 Å². The van der Waals surface area contributed by atoms with E-state index in [0.29, 0.717) is 6.61 Å². The molecule has 0 unspecified atom stereocenters. The Morgan fingerprint density at radius 2 is 0.837 bits per heavy atom. The van der Waals surface area contributed by atoms with Crippen molar-refractivity contribution in [3.8, 4) is 0 Å². The van der Waals surface area contributed by atoms with Crippen molar-refractivity contribution in [2.45, 2.75) is 110 Å². The zero-order valence-corrected chi connectivity index (χ0v) is 26.1. The van der Waals surface area contributed by atoms with Crippen molar-refractivity contribution in [1.82, 2.24) is 0 Å². The van der Waals surface area contributed by atoms with Crippen molar-refractivity contribution in [3.05, 3.63) is 95.4 Å². The average Bonchev–Trinajstić information content (AvgIpc) is 3.81. The first kappa shape index (κ1) is 30.8. The van der Waals surface area contributed by atoms with Gasteiger partial charge in [-0.25, -0.2) is 20.0 Å². The largest absolute Gasteiger partial charge is 0.491 e. The van der Waals surface area contributed by atoms with Gasteiger partial charge in [0.05, 0.1) is 46.5 Å². The molecule has 8 bridgehead atoms. The fraction of sp³-hybridized carbons (Fsp3) is 0.474. The molecule has 0 saturated carbocycles. The van der Waals surface area contributed by atoms with Crippen LogP contribution in [0.5, 0.6) is 0 Å². The number of rotatable bonds is 18. The summed E-state index contributed by atoms with van der Waals surface area (Å²) in [5, 5.41) is 0. The van der Waals surface area contributed by atoms with Crippen LogP contribution < -0.4 is 0 Å². The quantitative estimate of drug-likeness (QED) is 0.150. The van der Waals surface area contributed by atoms with Gasteiger partial charge in [0.15, 0.2) is 0 Å². The highest BCUT2D eigenvalue weighted by Crippen LogP contribution is 2.25. The van der Waals surface area contributed by atoms with Gasteiger partial charge in [-0.05, 0) is 67.2 Å². The Morgan fingerprint density at radius 3 is 1.33 bits per heavy atom. The van der Waals surface area contributed by atoms with Crippen LogP contribution in [0.2, 0.25) is 0 Å². The van der Waals surface area contributed by atoms with Gasteiger partial charge in [-0.15, -0.1) is 0 Å². The van der Waals surface area contributed by atoms with Crippen LogP contribution in [0, 0.1) is 0 Å². The van der Waals surface area contributed by atoms with Gasteiger partial charge in [-0.1, -0.05) is 103 Å². The molecule has 0 fully saturated rings. The van der Waals surface area contributed by atoms with E-state index in [1.807, 2.05) is 66.8 Å². The maximum Gasteiger partial charge on any atom is 0.147 e. The first-order valence-corrected chi connectivity index (χ1v) is 16.9. The van der Waals surface area contributed by atoms with Crippen molar-refractivity contribution in [3.63, 3.8) is 0 Å². The summed E-state index contributed by atoms with van der Waals surface area (Å²) in [5.41, 5.74) is 6.93. The lowest BCUT2D eigenvalue weighted by Gasteiger charge is -2.08. The van der Waals surface area contributed by atoms with E-state index in [9.17, 15) is 0 Å². The molecule has 0 aromatic heterocycles. The number of allylic oxidation sites excluding steroid dienone is 11. The summed E-state index contributed by atoms with van der Waals surface area (Å²) in [4.78, 5) is 19.0. The van der Waals surface area contributed by atoms with E-state index in [-0.39, 0.29) is 0 Å². The summed E-state index contributed by atoms with van der Waals surface area (Å²) in [7, 11) is 0. The van der Waals surface area contributed by atoms with Gasteiger partial charge in [0.2, 0.25) is 0 Å². The summed E-state index contributed by atoms with van der Waals surface area (Å²) in [5.74, 6) is 0.810. The topological polar surface area (TPSA) is 58.7 Å². The van der Waals surface area contributed by atoms with Crippen LogP contribution in [-0.2, 0) is 4.74 Å². The molecule has 43 heavy (non-hydrogen) atoms. The predicted molar refractivity (Wildman–Crippen MR) is 183 cm³/mol. The van der Waals surface area contributed by atoms with Crippen LogP contribution in [-0.4, -0.2) is 29.5 Å². The molecule has 5 rings (SSSR count). The van der Waals surface area contributed by atoms with E-state index in [1.165, 1.54) is 96.3 Å². The number of unbranched alkanes of at least 4 members (excludes halogenated alkanes) is 15. The molecule has 0 amide bonds. The van der Waals surface area contributed by atoms with Crippen LogP contribution in [0.25, 0.3) is 0 Å². The number of hydrogen-bond acceptors (Lipinski definition) is 5. The Kier molecular flexibility index (Phi) is 12.1.